The topological polar surface area (TPSA) is 57.0 Å². The molecule has 3 aromatic rings. The molecule has 0 atom stereocenters. The van der Waals surface area contributed by atoms with Crippen molar-refractivity contribution >= 4 is 28.3 Å². The molecule has 5 nitrogen and oxygen atoms in total. The lowest BCUT2D eigenvalue weighted by molar-refractivity contribution is -0.143. The van der Waals surface area contributed by atoms with Gasteiger partial charge in [-0.1, -0.05) is 0 Å². The summed E-state index contributed by atoms with van der Waals surface area (Å²) in [5, 5.41) is 4.86. The lowest BCUT2D eigenvalue weighted by atomic mass is 10.1. The second-order valence-electron chi connectivity index (χ2n) is 6.63. The zero-order valence-electron chi connectivity index (χ0n) is 15.0. The first-order valence-corrected chi connectivity index (χ1v) is 9.71. The van der Waals surface area contributed by atoms with Crippen molar-refractivity contribution in [2.24, 2.45) is 0 Å². The van der Waals surface area contributed by atoms with Gasteiger partial charge in [-0.3, -0.25) is 4.79 Å². The Hall–Kier alpha value is -2.35. The molecule has 0 radical (unpaired) electrons. The van der Waals surface area contributed by atoms with E-state index in [0.29, 0.717) is 22.4 Å². The molecule has 0 N–H and O–H groups in total. The standard InChI is InChI=1S/C19H19F2N3O2S/c1-3-26-15(25)9-24-19-16(17(23-24)11-5-6-11)12(18(20)21)8-13(22-19)14-7-4-10(2)27-14/h4,7-8,11,18H,3,5-6,9H2,1-2H3. The maximum atomic E-state index is 13.9. The molecule has 8 heteroatoms. The van der Waals surface area contributed by atoms with Crippen LogP contribution in [0.25, 0.3) is 21.6 Å². The van der Waals surface area contributed by atoms with Gasteiger partial charge in [0.05, 0.1) is 28.3 Å². The number of hydrogen-bond donors (Lipinski definition) is 0. The Morgan fingerprint density at radius 3 is 2.78 bits per heavy atom. The molecule has 1 saturated carbocycles. The van der Waals surface area contributed by atoms with Gasteiger partial charge in [0.15, 0.2) is 5.65 Å². The molecule has 3 heterocycles. The molecular weight excluding hydrogens is 372 g/mol. The van der Waals surface area contributed by atoms with Gasteiger partial charge >= 0.3 is 5.97 Å². The maximum Gasteiger partial charge on any atom is 0.327 e. The molecule has 0 unspecified atom stereocenters. The minimum Gasteiger partial charge on any atom is -0.465 e. The second kappa shape index (κ2) is 6.99. The van der Waals surface area contributed by atoms with E-state index in [1.165, 1.54) is 22.1 Å². The van der Waals surface area contributed by atoms with Gasteiger partial charge in [0, 0.05) is 16.4 Å². The minimum atomic E-state index is -2.65. The van der Waals surface area contributed by atoms with Crippen molar-refractivity contribution in [3.63, 3.8) is 0 Å². The van der Waals surface area contributed by atoms with Gasteiger partial charge in [-0.15, -0.1) is 11.3 Å². The van der Waals surface area contributed by atoms with Crippen molar-refractivity contribution in [1.82, 2.24) is 14.8 Å². The summed E-state index contributed by atoms with van der Waals surface area (Å²) in [7, 11) is 0. The Morgan fingerprint density at radius 2 is 2.19 bits per heavy atom. The fourth-order valence-corrected chi connectivity index (χ4v) is 4.01. The SMILES string of the molecule is CCOC(=O)Cn1nc(C2CC2)c2c(C(F)F)cc(-c3ccc(C)s3)nc21. The summed E-state index contributed by atoms with van der Waals surface area (Å²) in [6, 6.07) is 5.26. The molecule has 3 aromatic heterocycles. The van der Waals surface area contributed by atoms with E-state index in [-0.39, 0.29) is 24.6 Å². The predicted octanol–water partition coefficient (Wildman–Crippen LogP) is 4.85. The van der Waals surface area contributed by atoms with Crippen LogP contribution in [0.4, 0.5) is 8.78 Å². The number of thiophene rings is 1. The molecule has 1 aliphatic rings. The van der Waals surface area contributed by atoms with Gasteiger partial charge in [-0.25, -0.2) is 18.4 Å². The van der Waals surface area contributed by atoms with Crippen LogP contribution in [0.1, 0.15) is 48.2 Å². The number of aryl methyl sites for hydroxylation is 1. The number of nitrogens with zero attached hydrogens (tertiary/aromatic N) is 3. The van der Waals surface area contributed by atoms with Crippen molar-refractivity contribution in [2.45, 2.75) is 45.6 Å². The molecule has 1 aliphatic carbocycles. The predicted molar refractivity (Wildman–Crippen MR) is 99.1 cm³/mol. The highest BCUT2D eigenvalue weighted by atomic mass is 32.1. The van der Waals surface area contributed by atoms with Gasteiger partial charge in [0.2, 0.25) is 0 Å². The number of ether oxygens (including phenoxy) is 1. The molecule has 27 heavy (non-hydrogen) atoms. The van der Waals surface area contributed by atoms with Crippen LogP contribution in [-0.4, -0.2) is 27.3 Å². The van der Waals surface area contributed by atoms with Crippen LogP contribution in [0.15, 0.2) is 18.2 Å². The van der Waals surface area contributed by atoms with Gasteiger partial charge in [0.1, 0.15) is 6.54 Å². The number of carbonyl (C=O) groups is 1. The van der Waals surface area contributed by atoms with Crippen LogP contribution < -0.4 is 0 Å². The van der Waals surface area contributed by atoms with Crippen LogP contribution in [0.5, 0.6) is 0 Å². The van der Waals surface area contributed by atoms with E-state index >= 15 is 0 Å². The van der Waals surface area contributed by atoms with E-state index in [2.05, 4.69) is 10.1 Å². The summed E-state index contributed by atoms with van der Waals surface area (Å²) < 4.78 is 34.2. The molecular formula is C19H19F2N3O2S. The lowest BCUT2D eigenvalue weighted by Gasteiger charge is -2.08. The van der Waals surface area contributed by atoms with Crippen LogP contribution in [-0.2, 0) is 16.1 Å². The molecule has 0 amide bonds. The fourth-order valence-electron chi connectivity index (χ4n) is 3.18. The van der Waals surface area contributed by atoms with Crippen molar-refractivity contribution in [1.29, 1.82) is 0 Å². The Labute approximate surface area is 159 Å². The summed E-state index contributed by atoms with van der Waals surface area (Å²) in [5.41, 5.74) is 1.34. The van der Waals surface area contributed by atoms with Crippen LogP contribution in [0.3, 0.4) is 0 Å². The number of halogens is 2. The Bertz CT molecular complexity index is 1010. The van der Waals surface area contributed by atoms with Crippen molar-refractivity contribution in [3.05, 3.63) is 34.3 Å². The molecule has 4 rings (SSSR count). The highest BCUT2D eigenvalue weighted by Gasteiger charge is 2.33. The first-order valence-electron chi connectivity index (χ1n) is 8.89. The number of aromatic nitrogens is 3. The quantitative estimate of drug-likeness (QED) is 0.564. The summed E-state index contributed by atoms with van der Waals surface area (Å²) in [6.45, 7) is 3.79. The molecule has 0 bridgehead atoms. The monoisotopic (exact) mass is 391 g/mol. The van der Waals surface area contributed by atoms with Gasteiger partial charge in [-0.2, -0.15) is 5.10 Å². The largest absolute Gasteiger partial charge is 0.465 e. The van der Waals surface area contributed by atoms with E-state index in [1.54, 1.807) is 6.92 Å². The van der Waals surface area contributed by atoms with Crippen LogP contribution >= 0.6 is 11.3 Å². The molecule has 0 spiro atoms. The number of fused-ring (bicyclic) bond motifs is 1. The van der Waals surface area contributed by atoms with Crippen molar-refractivity contribution < 1.29 is 18.3 Å². The number of pyridine rings is 1. The zero-order valence-corrected chi connectivity index (χ0v) is 15.9. The van der Waals surface area contributed by atoms with E-state index in [4.69, 9.17) is 4.74 Å². The van der Waals surface area contributed by atoms with Crippen molar-refractivity contribution in [3.8, 4) is 10.6 Å². The minimum absolute atomic E-state index is 0.0712. The highest BCUT2D eigenvalue weighted by molar-refractivity contribution is 7.15. The normalized spacial score (nSPS) is 14.3. The molecule has 0 aliphatic heterocycles. The third kappa shape index (κ3) is 3.45. The summed E-state index contributed by atoms with van der Waals surface area (Å²) in [6.07, 6.45) is -0.812. The number of alkyl halides is 2. The Balaban J connectivity index is 1.92. The van der Waals surface area contributed by atoms with Crippen LogP contribution in [0, 0.1) is 6.92 Å². The van der Waals surface area contributed by atoms with E-state index in [0.717, 1.165) is 22.6 Å². The first-order chi connectivity index (χ1) is 13.0. The van der Waals surface area contributed by atoms with E-state index in [9.17, 15) is 13.6 Å². The molecule has 142 valence electrons. The second-order valence-corrected chi connectivity index (χ2v) is 7.92. The lowest BCUT2D eigenvalue weighted by Crippen LogP contribution is -2.15. The number of rotatable bonds is 6. The number of hydrogen-bond acceptors (Lipinski definition) is 5. The first kappa shape index (κ1) is 18.0. The molecule has 0 saturated heterocycles. The van der Waals surface area contributed by atoms with Gasteiger partial charge < -0.3 is 4.74 Å². The van der Waals surface area contributed by atoms with Crippen molar-refractivity contribution in [2.75, 3.05) is 6.61 Å². The summed E-state index contributed by atoms with van der Waals surface area (Å²) >= 11 is 1.49. The van der Waals surface area contributed by atoms with Gasteiger partial charge in [0.25, 0.3) is 6.43 Å². The van der Waals surface area contributed by atoms with E-state index < -0.39 is 12.4 Å². The highest BCUT2D eigenvalue weighted by Crippen LogP contribution is 2.45. The third-order valence-corrected chi connectivity index (χ3v) is 5.56. The average Bonchev–Trinajstić information content (AvgIpc) is 3.28. The Morgan fingerprint density at radius 1 is 1.41 bits per heavy atom. The zero-order chi connectivity index (χ0) is 19.1. The smallest absolute Gasteiger partial charge is 0.327 e. The number of esters is 1. The Kier molecular flexibility index (Phi) is 4.67. The average molecular weight is 391 g/mol. The fraction of sp³-hybridized carbons (Fsp3) is 0.421. The van der Waals surface area contributed by atoms with Gasteiger partial charge in [-0.05, 0) is 44.9 Å². The number of carbonyl (C=O) groups excluding carboxylic acids is 1. The summed E-state index contributed by atoms with van der Waals surface area (Å²) in [4.78, 5) is 18.5. The molecule has 1 fully saturated rings. The third-order valence-electron chi connectivity index (χ3n) is 4.54. The van der Waals surface area contributed by atoms with Crippen LogP contribution in [0.2, 0.25) is 0 Å². The van der Waals surface area contributed by atoms with E-state index in [1.807, 2.05) is 19.1 Å². The summed E-state index contributed by atoms with van der Waals surface area (Å²) in [5.74, 6) is -0.299. The maximum absolute atomic E-state index is 13.9. The molecule has 0 aromatic carbocycles.